The minimum Gasteiger partial charge on any atom is -0.173 e. The quantitative estimate of drug-likeness (QED) is 0.391. The highest BCUT2D eigenvalue weighted by atomic mass is 19.3. The van der Waals surface area contributed by atoms with Gasteiger partial charge in [0, 0.05) is 0 Å². The van der Waals surface area contributed by atoms with E-state index in [1.54, 1.807) is 0 Å². The van der Waals surface area contributed by atoms with Gasteiger partial charge in [0.1, 0.15) is 0 Å². The van der Waals surface area contributed by atoms with E-state index in [0.29, 0.717) is 6.08 Å². The lowest BCUT2D eigenvalue weighted by atomic mass is 10.7. The molecule has 6 heavy (non-hydrogen) atoms. The van der Waals surface area contributed by atoms with Crippen LogP contribution in [0.25, 0.3) is 0 Å². The predicted octanol–water partition coefficient (Wildman–Crippen LogP) is 1.36. The van der Waals surface area contributed by atoms with Crippen LogP contribution in [0.3, 0.4) is 0 Å². The topological polar surface area (TPSA) is 0 Å². The number of halogens is 2. The molecule has 0 aliphatic heterocycles. The van der Waals surface area contributed by atoms with E-state index < -0.39 is 6.08 Å². The van der Waals surface area contributed by atoms with Gasteiger partial charge in [-0.1, -0.05) is 5.92 Å². The maximum Gasteiger partial charge on any atom is 0.278 e. The molecule has 2 heteroatoms. The summed E-state index contributed by atoms with van der Waals surface area (Å²) in [5, 5.41) is 0. The van der Waals surface area contributed by atoms with Gasteiger partial charge in [-0.05, 0) is 6.42 Å². The molecule has 0 aliphatic rings. The second kappa shape index (κ2) is 2.40. The summed E-state index contributed by atoms with van der Waals surface area (Å²) in [6, 6.07) is 0. The molecule has 0 rings (SSSR count). The van der Waals surface area contributed by atoms with E-state index in [1.165, 1.54) is 5.92 Å². The van der Waals surface area contributed by atoms with Crippen molar-refractivity contribution < 1.29 is 8.78 Å². The van der Waals surface area contributed by atoms with Crippen molar-refractivity contribution in [1.82, 2.24) is 0 Å². The molecule has 31 valence electrons. The summed E-state index contributed by atoms with van der Waals surface area (Å²) in [5.41, 5.74) is 0. The maximum absolute atomic E-state index is 10.7. The van der Waals surface area contributed by atoms with Crippen LogP contribution in [0.2, 0.25) is 0 Å². The Labute approximate surface area is 34.5 Å². The molecule has 0 N–H and O–H groups in total. The first-order valence-corrected chi connectivity index (χ1v) is 1.21. The lowest BCUT2D eigenvalue weighted by Crippen LogP contribution is -1.48. The van der Waals surface area contributed by atoms with Crippen molar-refractivity contribution in [3.63, 3.8) is 0 Å². The van der Waals surface area contributed by atoms with Crippen LogP contribution in [-0.2, 0) is 0 Å². The fraction of sp³-hybridized carbons (Fsp3) is 0. The van der Waals surface area contributed by atoms with Crippen molar-refractivity contribution >= 4 is 0 Å². The lowest BCUT2D eigenvalue weighted by molar-refractivity contribution is 0.422. The van der Waals surface area contributed by atoms with Crippen LogP contribution < -0.4 is 0 Å². The van der Waals surface area contributed by atoms with E-state index in [-0.39, 0.29) is 0 Å². The summed E-state index contributed by atoms with van der Waals surface area (Å²) in [5.74, 6) is 1.41. The zero-order chi connectivity index (χ0) is 4.99. The molecule has 0 spiro atoms. The highest BCUT2D eigenvalue weighted by molar-refractivity contribution is 5.04. The van der Waals surface area contributed by atoms with Gasteiger partial charge in [-0.25, -0.2) is 0 Å². The largest absolute Gasteiger partial charge is 0.278 e. The number of allylic oxidation sites excluding steroid dienone is 1. The van der Waals surface area contributed by atoms with Crippen molar-refractivity contribution in [1.29, 1.82) is 0 Å². The minimum absolute atomic E-state index is 0.292. The van der Waals surface area contributed by atoms with Crippen LogP contribution in [0.15, 0.2) is 12.2 Å². The van der Waals surface area contributed by atoms with Crippen molar-refractivity contribution in [2.45, 2.75) is 0 Å². The zero-order valence-electron chi connectivity index (χ0n) is 2.83. The van der Waals surface area contributed by atoms with E-state index in [9.17, 15) is 8.78 Å². The first-order valence-electron chi connectivity index (χ1n) is 1.21. The normalized spacial score (nSPS) is 6.17. The Kier molecular flexibility index (Phi) is 2.06. The molecular formula is C4HF2. The Morgan fingerprint density at radius 1 is 1.67 bits per heavy atom. The van der Waals surface area contributed by atoms with E-state index in [2.05, 4.69) is 0 Å². The third-order valence-corrected chi connectivity index (χ3v) is 0.181. The molecule has 0 fully saturated rings. The van der Waals surface area contributed by atoms with Gasteiger partial charge >= 0.3 is 0 Å². The molecular weight excluding hydrogens is 86.0 g/mol. The SMILES string of the molecule is [C]#CC=C(F)F. The summed E-state index contributed by atoms with van der Waals surface area (Å²) < 4.78 is 21.4. The van der Waals surface area contributed by atoms with Gasteiger partial charge in [-0.2, -0.15) is 8.78 Å². The van der Waals surface area contributed by atoms with Crippen LogP contribution in [0.4, 0.5) is 8.78 Å². The van der Waals surface area contributed by atoms with Crippen molar-refractivity contribution in [2.24, 2.45) is 0 Å². The summed E-state index contributed by atoms with van der Waals surface area (Å²) in [6.07, 6.45) is 4.33. The number of hydrogen-bond donors (Lipinski definition) is 0. The fourth-order valence-corrected chi connectivity index (χ4v) is 0.0546. The third-order valence-electron chi connectivity index (χ3n) is 0.181. The predicted molar refractivity (Wildman–Crippen MR) is 17.4 cm³/mol. The summed E-state index contributed by atoms with van der Waals surface area (Å²) in [7, 11) is 0. The monoisotopic (exact) mass is 87.0 g/mol. The Balaban J connectivity index is 3.51. The van der Waals surface area contributed by atoms with Crippen LogP contribution in [0.5, 0.6) is 0 Å². The molecule has 0 amide bonds. The van der Waals surface area contributed by atoms with Crippen LogP contribution in [0, 0.1) is 12.3 Å². The number of rotatable bonds is 0. The molecule has 0 atom stereocenters. The van der Waals surface area contributed by atoms with Gasteiger partial charge in [0.25, 0.3) is 6.08 Å². The Morgan fingerprint density at radius 2 is 2.17 bits per heavy atom. The van der Waals surface area contributed by atoms with E-state index >= 15 is 0 Å². The van der Waals surface area contributed by atoms with Gasteiger partial charge in [-0.3, -0.25) is 0 Å². The summed E-state index contributed by atoms with van der Waals surface area (Å²) >= 11 is 0. The second-order valence-electron chi connectivity index (χ2n) is 0.578. The molecule has 0 saturated carbocycles. The van der Waals surface area contributed by atoms with Crippen LogP contribution in [0.1, 0.15) is 0 Å². The zero-order valence-corrected chi connectivity index (χ0v) is 2.83. The molecule has 0 aromatic rings. The molecule has 0 aromatic carbocycles. The molecule has 0 aliphatic carbocycles. The van der Waals surface area contributed by atoms with Crippen molar-refractivity contribution in [3.05, 3.63) is 18.6 Å². The van der Waals surface area contributed by atoms with Gasteiger partial charge in [0.2, 0.25) is 0 Å². The average Bonchev–Trinajstić information content (AvgIpc) is 1.35. The Morgan fingerprint density at radius 3 is 2.17 bits per heavy atom. The van der Waals surface area contributed by atoms with Crippen LogP contribution in [-0.4, -0.2) is 0 Å². The molecule has 0 nitrogen and oxygen atoms in total. The smallest absolute Gasteiger partial charge is 0.173 e. The van der Waals surface area contributed by atoms with E-state index in [1.807, 2.05) is 0 Å². The highest BCUT2D eigenvalue weighted by Gasteiger charge is 1.77. The fourth-order valence-electron chi connectivity index (χ4n) is 0.0546. The maximum atomic E-state index is 10.7. The van der Waals surface area contributed by atoms with Gasteiger partial charge in [0.15, 0.2) is 0 Å². The number of hydrogen-bond acceptors (Lipinski definition) is 0. The van der Waals surface area contributed by atoms with Crippen LogP contribution >= 0.6 is 0 Å². The minimum atomic E-state index is -1.88. The third kappa shape index (κ3) is 3.16. The summed E-state index contributed by atoms with van der Waals surface area (Å²) in [6.45, 7) is 0. The standard InChI is InChI=1S/C4HF2/c1-2-3-4(5)6/h3H. The molecule has 0 aromatic heterocycles. The second-order valence-corrected chi connectivity index (χ2v) is 0.578. The molecule has 0 heterocycles. The first kappa shape index (κ1) is 5.16. The van der Waals surface area contributed by atoms with Gasteiger partial charge in [-0.15, -0.1) is 0 Å². The molecule has 0 unspecified atom stereocenters. The van der Waals surface area contributed by atoms with Gasteiger partial charge < -0.3 is 0 Å². The molecule has 0 saturated heterocycles. The van der Waals surface area contributed by atoms with E-state index in [4.69, 9.17) is 6.42 Å². The molecule has 0 bridgehead atoms. The lowest BCUT2D eigenvalue weighted by Gasteiger charge is -1.62. The Hall–Kier alpha value is -0.840. The average molecular weight is 87.0 g/mol. The first-order chi connectivity index (χ1) is 2.77. The highest BCUT2D eigenvalue weighted by Crippen LogP contribution is 1.92. The van der Waals surface area contributed by atoms with Gasteiger partial charge in [0.05, 0.1) is 6.08 Å². The summed E-state index contributed by atoms with van der Waals surface area (Å²) in [4.78, 5) is 0. The van der Waals surface area contributed by atoms with Crippen molar-refractivity contribution in [3.8, 4) is 5.92 Å². The van der Waals surface area contributed by atoms with Crippen molar-refractivity contribution in [2.75, 3.05) is 0 Å². The Bertz CT molecular complexity index is 92.6. The molecule has 1 radical (unpaired) electrons. The van der Waals surface area contributed by atoms with E-state index in [0.717, 1.165) is 0 Å².